The molecule has 0 saturated heterocycles. The molecule has 1 unspecified atom stereocenters. The van der Waals surface area contributed by atoms with E-state index in [1.807, 2.05) is 26.0 Å². The summed E-state index contributed by atoms with van der Waals surface area (Å²) in [6.07, 6.45) is -4.52. The Labute approximate surface area is 119 Å². The second kappa shape index (κ2) is 6.61. The van der Waals surface area contributed by atoms with Crippen LogP contribution < -0.4 is 10.1 Å². The van der Waals surface area contributed by atoms with Crippen LogP contribution in [0.15, 0.2) is 16.6 Å². The van der Waals surface area contributed by atoms with E-state index >= 15 is 0 Å². The van der Waals surface area contributed by atoms with Gasteiger partial charge in [0, 0.05) is 11.0 Å². The lowest BCUT2D eigenvalue weighted by Gasteiger charge is -2.17. The molecule has 0 heterocycles. The fourth-order valence-electron chi connectivity index (χ4n) is 1.67. The summed E-state index contributed by atoms with van der Waals surface area (Å²) in [6.45, 7) is 4.76. The van der Waals surface area contributed by atoms with Crippen LogP contribution in [0.3, 0.4) is 0 Å². The SMILES string of the molecule is Cc1cc(OC(C)CNCC(F)(F)F)cc(C)c1Br. The first-order chi connectivity index (χ1) is 8.69. The maximum Gasteiger partial charge on any atom is 0.401 e. The van der Waals surface area contributed by atoms with Crippen molar-refractivity contribution in [1.82, 2.24) is 5.32 Å². The summed E-state index contributed by atoms with van der Waals surface area (Å²) in [6, 6.07) is 3.72. The minimum absolute atomic E-state index is 0.146. The third kappa shape index (κ3) is 5.82. The van der Waals surface area contributed by atoms with Crippen molar-refractivity contribution in [2.45, 2.75) is 33.1 Å². The summed E-state index contributed by atoms with van der Waals surface area (Å²) in [5.74, 6) is 0.666. The summed E-state index contributed by atoms with van der Waals surface area (Å²) >= 11 is 3.45. The molecule has 1 aromatic rings. The van der Waals surface area contributed by atoms with E-state index in [1.54, 1.807) is 6.92 Å². The molecule has 0 radical (unpaired) electrons. The molecule has 6 heteroatoms. The number of halogens is 4. The molecule has 19 heavy (non-hydrogen) atoms. The number of nitrogens with one attached hydrogen (secondary N) is 1. The molecule has 0 bridgehead atoms. The van der Waals surface area contributed by atoms with Crippen molar-refractivity contribution in [3.8, 4) is 5.75 Å². The largest absolute Gasteiger partial charge is 0.489 e. The lowest BCUT2D eigenvalue weighted by Crippen LogP contribution is -2.35. The number of alkyl halides is 3. The van der Waals surface area contributed by atoms with Crippen molar-refractivity contribution in [2.24, 2.45) is 0 Å². The number of hydrogen-bond donors (Lipinski definition) is 1. The number of hydrogen-bond acceptors (Lipinski definition) is 2. The first-order valence-corrected chi connectivity index (χ1v) is 6.69. The van der Waals surface area contributed by atoms with Crippen LogP contribution in [0.2, 0.25) is 0 Å². The van der Waals surface area contributed by atoms with E-state index in [4.69, 9.17) is 4.74 Å². The molecule has 0 fully saturated rings. The highest BCUT2D eigenvalue weighted by Gasteiger charge is 2.26. The highest BCUT2D eigenvalue weighted by Crippen LogP contribution is 2.26. The molecule has 0 saturated carbocycles. The minimum atomic E-state index is -4.19. The van der Waals surface area contributed by atoms with E-state index in [9.17, 15) is 13.2 Å². The molecular formula is C13H17BrF3NO. The first-order valence-electron chi connectivity index (χ1n) is 5.90. The summed E-state index contributed by atoms with van der Waals surface area (Å²) in [7, 11) is 0. The Kier molecular flexibility index (Phi) is 5.67. The molecule has 0 spiro atoms. The predicted molar refractivity (Wildman–Crippen MR) is 72.6 cm³/mol. The van der Waals surface area contributed by atoms with E-state index in [0.29, 0.717) is 5.75 Å². The smallest absolute Gasteiger partial charge is 0.401 e. The van der Waals surface area contributed by atoms with Gasteiger partial charge in [-0.25, -0.2) is 0 Å². The van der Waals surface area contributed by atoms with Gasteiger partial charge in [0.2, 0.25) is 0 Å². The lowest BCUT2D eigenvalue weighted by molar-refractivity contribution is -0.125. The number of ether oxygens (including phenoxy) is 1. The summed E-state index contributed by atoms with van der Waals surface area (Å²) < 4.78 is 42.5. The van der Waals surface area contributed by atoms with Crippen molar-refractivity contribution >= 4 is 15.9 Å². The van der Waals surface area contributed by atoms with Gasteiger partial charge in [-0.2, -0.15) is 13.2 Å². The second-order valence-electron chi connectivity index (χ2n) is 4.55. The average molecular weight is 340 g/mol. The molecule has 0 aromatic heterocycles. The lowest BCUT2D eigenvalue weighted by atomic mass is 10.1. The third-order valence-corrected chi connectivity index (χ3v) is 3.76. The first kappa shape index (κ1) is 16.3. The van der Waals surface area contributed by atoms with E-state index in [2.05, 4.69) is 21.2 Å². The zero-order valence-corrected chi connectivity index (χ0v) is 12.7. The standard InChI is InChI=1S/C13H17BrF3NO/c1-8-4-11(5-9(2)12(8)14)19-10(3)6-18-7-13(15,16)17/h4-5,10,18H,6-7H2,1-3H3. The van der Waals surface area contributed by atoms with Crippen LogP contribution in [-0.2, 0) is 0 Å². The van der Waals surface area contributed by atoms with Crippen molar-refractivity contribution < 1.29 is 17.9 Å². The van der Waals surface area contributed by atoms with Crippen LogP contribution in [-0.4, -0.2) is 25.4 Å². The molecule has 1 aromatic carbocycles. The minimum Gasteiger partial charge on any atom is -0.489 e. The molecule has 0 amide bonds. The quantitative estimate of drug-likeness (QED) is 0.875. The molecule has 0 aliphatic carbocycles. The van der Waals surface area contributed by atoms with E-state index in [1.165, 1.54) is 0 Å². The molecular weight excluding hydrogens is 323 g/mol. The Morgan fingerprint density at radius 3 is 2.26 bits per heavy atom. The number of rotatable bonds is 5. The van der Waals surface area contributed by atoms with Crippen molar-refractivity contribution in [2.75, 3.05) is 13.1 Å². The van der Waals surface area contributed by atoms with Crippen LogP contribution in [0.4, 0.5) is 13.2 Å². The van der Waals surface area contributed by atoms with Crippen LogP contribution in [0.5, 0.6) is 5.75 Å². The van der Waals surface area contributed by atoms with Gasteiger partial charge in [-0.3, -0.25) is 0 Å². The average Bonchev–Trinajstić information content (AvgIpc) is 2.23. The maximum absolute atomic E-state index is 12.0. The monoisotopic (exact) mass is 339 g/mol. The highest BCUT2D eigenvalue weighted by molar-refractivity contribution is 9.10. The molecule has 2 nitrogen and oxygen atoms in total. The maximum atomic E-state index is 12.0. The Balaban J connectivity index is 2.51. The van der Waals surface area contributed by atoms with Gasteiger partial charge in [0.05, 0.1) is 6.54 Å². The number of aryl methyl sites for hydroxylation is 2. The van der Waals surface area contributed by atoms with Gasteiger partial charge in [0.25, 0.3) is 0 Å². The third-order valence-electron chi connectivity index (χ3n) is 2.50. The fraction of sp³-hybridized carbons (Fsp3) is 0.538. The van der Waals surface area contributed by atoms with Gasteiger partial charge in [-0.1, -0.05) is 15.9 Å². The van der Waals surface area contributed by atoms with Gasteiger partial charge in [-0.15, -0.1) is 0 Å². The normalized spacial score (nSPS) is 13.4. The fourth-order valence-corrected chi connectivity index (χ4v) is 1.89. The second-order valence-corrected chi connectivity index (χ2v) is 5.34. The zero-order valence-electron chi connectivity index (χ0n) is 11.1. The van der Waals surface area contributed by atoms with Crippen LogP contribution in [0, 0.1) is 13.8 Å². The van der Waals surface area contributed by atoms with Gasteiger partial charge in [-0.05, 0) is 44.0 Å². The van der Waals surface area contributed by atoms with Crippen molar-refractivity contribution in [3.05, 3.63) is 27.7 Å². The zero-order chi connectivity index (χ0) is 14.6. The van der Waals surface area contributed by atoms with Crippen LogP contribution in [0.1, 0.15) is 18.1 Å². The highest BCUT2D eigenvalue weighted by atomic mass is 79.9. The summed E-state index contributed by atoms with van der Waals surface area (Å²) in [5.41, 5.74) is 2.07. The molecule has 1 atom stereocenters. The van der Waals surface area contributed by atoms with Gasteiger partial charge in [0.1, 0.15) is 11.9 Å². The molecule has 0 aliphatic heterocycles. The summed E-state index contributed by atoms with van der Waals surface area (Å²) in [5, 5.41) is 2.33. The Morgan fingerprint density at radius 2 is 1.79 bits per heavy atom. The van der Waals surface area contributed by atoms with Crippen molar-refractivity contribution in [3.63, 3.8) is 0 Å². The van der Waals surface area contributed by atoms with Gasteiger partial charge < -0.3 is 10.1 Å². The topological polar surface area (TPSA) is 21.3 Å². The van der Waals surface area contributed by atoms with Crippen molar-refractivity contribution in [1.29, 1.82) is 0 Å². The molecule has 108 valence electrons. The molecule has 0 aliphatic rings. The van der Waals surface area contributed by atoms with Crippen LogP contribution in [0.25, 0.3) is 0 Å². The Hall–Kier alpha value is -0.750. The Bertz CT molecular complexity index is 411. The van der Waals surface area contributed by atoms with Gasteiger partial charge >= 0.3 is 6.18 Å². The summed E-state index contributed by atoms with van der Waals surface area (Å²) in [4.78, 5) is 0. The van der Waals surface area contributed by atoms with E-state index < -0.39 is 12.7 Å². The predicted octanol–water partition coefficient (Wildman–Crippen LogP) is 3.99. The Morgan fingerprint density at radius 1 is 1.26 bits per heavy atom. The van der Waals surface area contributed by atoms with E-state index in [-0.39, 0.29) is 12.6 Å². The van der Waals surface area contributed by atoms with E-state index in [0.717, 1.165) is 15.6 Å². The molecule has 1 N–H and O–H groups in total. The van der Waals surface area contributed by atoms with Crippen LogP contribution >= 0.6 is 15.9 Å². The van der Waals surface area contributed by atoms with Gasteiger partial charge in [0.15, 0.2) is 0 Å². The number of benzene rings is 1. The molecule has 1 rings (SSSR count).